The van der Waals surface area contributed by atoms with Crippen LogP contribution in [0.1, 0.15) is 21.6 Å². The van der Waals surface area contributed by atoms with E-state index in [9.17, 15) is 4.79 Å². The van der Waals surface area contributed by atoms with Crippen molar-refractivity contribution in [1.82, 2.24) is 10.3 Å². The number of aryl methyl sites for hydroxylation is 1. The quantitative estimate of drug-likeness (QED) is 0.648. The van der Waals surface area contributed by atoms with E-state index in [1.807, 2.05) is 43.1 Å². The predicted octanol–water partition coefficient (Wildman–Crippen LogP) is 2.83. The summed E-state index contributed by atoms with van der Waals surface area (Å²) in [5.41, 5.74) is 4.90. The van der Waals surface area contributed by atoms with Crippen LogP contribution in [0.3, 0.4) is 0 Å². The molecule has 1 aromatic heterocycles. The number of aromatic amines is 1. The molecule has 5 heteroatoms. The van der Waals surface area contributed by atoms with Crippen molar-refractivity contribution in [3.05, 3.63) is 65.4 Å². The van der Waals surface area contributed by atoms with Crippen molar-refractivity contribution in [2.75, 3.05) is 25.1 Å². The van der Waals surface area contributed by atoms with Crippen molar-refractivity contribution in [2.24, 2.45) is 0 Å². The molecule has 0 radical (unpaired) electrons. The average molecular weight is 337 g/mol. The number of aliphatic hydroxyl groups excluding tert-OH is 1. The van der Waals surface area contributed by atoms with Gasteiger partial charge in [0.15, 0.2) is 0 Å². The fourth-order valence-electron chi connectivity index (χ4n) is 2.87. The minimum absolute atomic E-state index is 0.0956. The van der Waals surface area contributed by atoms with E-state index in [-0.39, 0.29) is 12.5 Å². The first-order valence-electron chi connectivity index (χ1n) is 8.35. The fourth-order valence-corrected chi connectivity index (χ4v) is 2.87. The maximum atomic E-state index is 12.3. The van der Waals surface area contributed by atoms with E-state index >= 15 is 0 Å². The monoisotopic (exact) mass is 337 g/mol. The molecule has 0 aliphatic rings. The lowest BCUT2D eigenvalue weighted by molar-refractivity contribution is 0.0951. The molecule has 0 fully saturated rings. The summed E-state index contributed by atoms with van der Waals surface area (Å²) < 4.78 is 0. The number of carbonyl (C=O) groups is 1. The van der Waals surface area contributed by atoms with Crippen LogP contribution in [0.5, 0.6) is 0 Å². The van der Waals surface area contributed by atoms with Crippen LogP contribution in [0.25, 0.3) is 10.9 Å². The molecule has 0 aliphatic carbocycles. The molecule has 3 N–H and O–H groups in total. The van der Waals surface area contributed by atoms with E-state index in [1.54, 1.807) is 12.1 Å². The van der Waals surface area contributed by atoms with E-state index in [2.05, 4.69) is 22.4 Å². The molecule has 5 nitrogen and oxygen atoms in total. The summed E-state index contributed by atoms with van der Waals surface area (Å²) in [7, 11) is 1.91. The van der Waals surface area contributed by atoms with E-state index in [4.69, 9.17) is 5.11 Å². The first-order chi connectivity index (χ1) is 12.1. The molecule has 0 spiro atoms. The number of likely N-dealkylation sites (N-methyl/N-ethyl adjacent to an activating group) is 1. The molecule has 0 aliphatic heterocycles. The van der Waals surface area contributed by atoms with Crippen LogP contribution in [0.4, 0.5) is 5.69 Å². The highest BCUT2D eigenvalue weighted by atomic mass is 16.3. The largest absolute Gasteiger partial charge is 0.395 e. The van der Waals surface area contributed by atoms with Crippen LogP contribution >= 0.6 is 0 Å². The van der Waals surface area contributed by atoms with Gasteiger partial charge >= 0.3 is 0 Å². The second-order valence-corrected chi connectivity index (χ2v) is 6.25. The zero-order chi connectivity index (χ0) is 17.8. The molecule has 3 aromatic rings. The smallest absolute Gasteiger partial charge is 0.251 e. The Morgan fingerprint density at radius 1 is 1.16 bits per heavy atom. The van der Waals surface area contributed by atoms with Gasteiger partial charge in [0.05, 0.1) is 6.61 Å². The fraction of sp³-hybridized carbons (Fsp3) is 0.250. The van der Waals surface area contributed by atoms with Gasteiger partial charge in [-0.3, -0.25) is 4.79 Å². The molecule has 0 bridgehead atoms. The van der Waals surface area contributed by atoms with Gasteiger partial charge in [-0.05, 0) is 60.3 Å². The van der Waals surface area contributed by atoms with Gasteiger partial charge in [0.1, 0.15) is 0 Å². The number of H-pyrrole nitrogens is 1. The second kappa shape index (κ2) is 7.40. The number of nitrogens with zero attached hydrogens (tertiary/aromatic N) is 1. The lowest BCUT2D eigenvalue weighted by Gasteiger charge is -2.18. The minimum atomic E-state index is -0.0956. The third-order valence-electron chi connectivity index (χ3n) is 4.28. The van der Waals surface area contributed by atoms with Crippen molar-refractivity contribution < 1.29 is 9.90 Å². The Bertz CT molecular complexity index is 868. The van der Waals surface area contributed by atoms with Crippen molar-refractivity contribution in [1.29, 1.82) is 0 Å². The van der Waals surface area contributed by atoms with Gasteiger partial charge in [-0.2, -0.15) is 0 Å². The molecule has 0 atom stereocenters. The zero-order valence-corrected chi connectivity index (χ0v) is 14.5. The first-order valence-corrected chi connectivity index (χ1v) is 8.35. The SMILES string of the molecule is Cc1cc2cc(CNC(=O)c3ccc(N(C)CCO)cc3)ccc2[nH]1. The molecule has 1 heterocycles. The van der Waals surface area contributed by atoms with Crippen molar-refractivity contribution in [3.8, 4) is 0 Å². The Hall–Kier alpha value is -2.79. The number of carbonyl (C=O) groups excluding carboxylic acids is 1. The molecule has 2 aromatic carbocycles. The Morgan fingerprint density at radius 2 is 1.92 bits per heavy atom. The third-order valence-corrected chi connectivity index (χ3v) is 4.28. The van der Waals surface area contributed by atoms with Gasteiger partial charge in [-0.25, -0.2) is 0 Å². The van der Waals surface area contributed by atoms with E-state index in [1.165, 1.54) is 0 Å². The van der Waals surface area contributed by atoms with Gasteiger partial charge in [0, 0.05) is 42.6 Å². The minimum Gasteiger partial charge on any atom is -0.395 e. The molecule has 0 saturated carbocycles. The van der Waals surface area contributed by atoms with Crippen LogP contribution in [0.15, 0.2) is 48.5 Å². The van der Waals surface area contributed by atoms with Gasteiger partial charge in [-0.15, -0.1) is 0 Å². The molecule has 25 heavy (non-hydrogen) atoms. The summed E-state index contributed by atoms with van der Waals surface area (Å²) in [6.07, 6.45) is 0. The molecule has 130 valence electrons. The number of hydrogen-bond donors (Lipinski definition) is 3. The number of benzene rings is 2. The Labute approximate surface area is 147 Å². The highest BCUT2D eigenvalue weighted by molar-refractivity contribution is 5.94. The average Bonchev–Trinajstić information content (AvgIpc) is 2.99. The molecular formula is C20H23N3O2. The summed E-state index contributed by atoms with van der Waals surface area (Å²) in [6, 6.07) is 15.6. The summed E-state index contributed by atoms with van der Waals surface area (Å²) >= 11 is 0. The van der Waals surface area contributed by atoms with Crippen molar-refractivity contribution >= 4 is 22.5 Å². The first kappa shape index (κ1) is 17.0. The Balaban J connectivity index is 1.63. The van der Waals surface area contributed by atoms with Crippen LogP contribution in [0.2, 0.25) is 0 Å². The maximum Gasteiger partial charge on any atom is 0.251 e. The van der Waals surface area contributed by atoms with Gasteiger partial charge in [0.2, 0.25) is 0 Å². The molecule has 0 saturated heterocycles. The highest BCUT2D eigenvalue weighted by Crippen LogP contribution is 2.17. The molecule has 3 rings (SSSR count). The van der Waals surface area contributed by atoms with Crippen LogP contribution in [-0.2, 0) is 6.54 Å². The Morgan fingerprint density at radius 3 is 2.64 bits per heavy atom. The van der Waals surface area contributed by atoms with E-state index < -0.39 is 0 Å². The van der Waals surface area contributed by atoms with Crippen LogP contribution in [-0.4, -0.2) is 36.2 Å². The number of rotatable bonds is 6. The predicted molar refractivity (Wildman–Crippen MR) is 101 cm³/mol. The molecule has 1 amide bonds. The highest BCUT2D eigenvalue weighted by Gasteiger charge is 2.07. The lowest BCUT2D eigenvalue weighted by Crippen LogP contribution is -2.23. The van der Waals surface area contributed by atoms with E-state index in [0.29, 0.717) is 18.7 Å². The topological polar surface area (TPSA) is 68.4 Å². The number of hydrogen-bond acceptors (Lipinski definition) is 3. The summed E-state index contributed by atoms with van der Waals surface area (Å²) in [4.78, 5) is 17.6. The zero-order valence-electron chi connectivity index (χ0n) is 14.5. The van der Waals surface area contributed by atoms with Gasteiger partial charge in [-0.1, -0.05) is 6.07 Å². The lowest BCUT2D eigenvalue weighted by atomic mass is 10.1. The summed E-state index contributed by atoms with van der Waals surface area (Å²) in [5.74, 6) is -0.0956. The third kappa shape index (κ3) is 4.00. The number of aliphatic hydroxyl groups is 1. The normalized spacial score (nSPS) is 10.8. The Kier molecular flexibility index (Phi) is 5.05. The summed E-state index contributed by atoms with van der Waals surface area (Å²) in [6.45, 7) is 3.19. The number of nitrogens with one attached hydrogen (secondary N) is 2. The standard InChI is InChI=1S/C20H23N3O2/c1-14-11-17-12-15(3-8-19(17)22-14)13-21-20(25)16-4-6-18(7-5-16)23(2)9-10-24/h3-8,11-12,22,24H,9-10,13H2,1-2H3,(H,21,25). The number of fused-ring (bicyclic) bond motifs is 1. The van der Waals surface area contributed by atoms with Crippen molar-refractivity contribution in [3.63, 3.8) is 0 Å². The number of anilines is 1. The molecular weight excluding hydrogens is 314 g/mol. The van der Waals surface area contributed by atoms with E-state index in [0.717, 1.165) is 27.8 Å². The second-order valence-electron chi connectivity index (χ2n) is 6.25. The summed E-state index contributed by atoms with van der Waals surface area (Å²) in [5, 5.41) is 13.1. The maximum absolute atomic E-state index is 12.3. The van der Waals surface area contributed by atoms with Gasteiger partial charge in [0.25, 0.3) is 5.91 Å². The van der Waals surface area contributed by atoms with Crippen molar-refractivity contribution in [2.45, 2.75) is 13.5 Å². The number of amides is 1. The molecule has 0 unspecified atom stereocenters. The number of aromatic nitrogens is 1. The van der Waals surface area contributed by atoms with Gasteiger partial charge < -0.3 is 20.3 Å². The van der Waals surface area contributed by atoms with Crippen LogP contribution in [0, 0.1) is 6.92 Å². The van der Waals surface area contributed by atoms with Crippen LogP contribution < -0.4 is 10.2 Å².